The number of thiophene rings is 1. The van der Waals surface area contributed by atoms with Crippen LogP contribution >= 0.6 is 34.4 Å². The SMILES string of the molecule is C=CCn1c(SCc2csc(-c3ccsc3)n2)nc2ccccc2c1=O. The molecule has 0 aliphatic heterocycles. The molecular weight excluding hydrogens is 382 g/mol. The second-order valence-electron chi connectivity index (χ2n) is 5.56. The molecule has 0 bridgehead atoms. The van der Waals surface area contributed by atoms with Gasteiger partial charge in [0.25, 0.3) is 5.56 Å². The van der Waals surface area contributed by atoms with Crippen molar-refractivity contribution < 1.29 is 0 Å². The van der Waals surface area contributed by atoms with Crippen molar-refractivity contribution in [2.45, 2.75) is 17.5 Å². The number of thiazole rings is 1. The second kappa shape index (κ2) is 7.57. The van der Waals surface area contributed by atoms with E-state index in [0.717, 1.165) is 21.8 Å². The molecule has 26 heavy (non-hydrogen) atoms. The maximum absolute atomic E-state index is 12.8. The molecule has 0 unspecified atom stereocenters. The Balaban J connectivity index is 1.63. The molecule has 0 aliphatic rings. The molecule has 0 radical (unpaired) electrons. The summed E-state index contributed by atoms with van der Waals surface area (Å²) in [6, 6.07) is 9.52. The lowest BCUT2D eigenvalue weighted by atomic mass is 10.2. The largest absolute Gasteiger partial charge is 0.283 e. The van der Waals surface area contributed by atoms with Crippen LogP contribution in [0.1, 0.15) is 5.69 Å². The first-order chi connectivity index (χ1) is 12.8. The summed E-state index contributed by atoms with van der Waals surface area (Å²) < 4.78 is 1.67. The highest BCUT2D eigenvalue weighted by molar-refractivity contribution is 7.98. The lowest BCUT2D eigenvalue weighted by Gasteiger charge is -2.10. The van der Waals surface area contributed by atoms with E-state index in [2.05, 4.69) is 33.8 Å². The normalized spacial score (nSPS) is 11.1. The fraction of sp³-hybridized carbons (Fsp3) is 0.105. The molecule has 0 saturated carbocycles. The number of nitrogens with zero attached hydrogens (tertiary/aromatic N) is 3. The van der Waals surface area contributed by atoms with Gasteiger partial charge in [-0.15, -0.1) is 17.9 Å². The third kappa shape index (κ3) is 3.38. The predicted octanol–water partition coefficient (Wildman–Crippen LogP) is 5.06. The standard InChI is InChI=1S/C19H15N3OS3/c1-2-8-22-18(23)15-5-3-4-6-16(15)21-19(22)26-12-14-11-25-17(20-14)13-7-9-24-10-13/h2-7,9-11H,1,8,12H2. The Bertz CT molecular complexity index is 1110. The van der Waals surface area contributed by atoms with E-state index in [4.69, 9.17) is 4.98 Å². The Morgan fingerprint density at radius 3 is 2.88 bits per heavy atom. The second-order valence-corrected chi connectivity index (χ2v) is 8.14. The first-order valence-corrected chi connectivity index (χ1v) is 10.8. The van der Waals surface area contributed by atoms with E-state index in [1.807, 2.05) is 24.3 Å². The number of hydrogen-bond donors (Lipinski definition) is 0. The summed E-state index contributed by atoms with van der Waals surface area (Å²) in [5.74, 6) is 0.669. The summed E-state index contributed by atoms with van der Waals surface area (Å²) in [6.45, 7) is 4.20. The molecule has 0 N–H and O–H groups in total. The molecule has 0 atom stereocenters. The van der Waals surface area contributed by atoms with Gasteiger partial charge in [0.05, 0.1) is 16.6 Å². The maximum atomic E-state index is 12.8. The van der Waals surface area contributed by atoms with Crippen LogP contribution in [0.2, 0.25) is 0 Å². The average molecular weight is 398 g/mol. The van der Waals surface area contributed by atoms with Crippen molar-refractivity contribution in [2.75, 3.05) is 0 Å². The molecular formula is C19H15N3OS3. The Hall–Kier alpha value is -2.22. The number of benzene rings is 1. The van der Waals surface area contributed by atoms with Crippen LogP contribution in [0.5, 0.6) is 0 Å². The average Bonchev–Trinajstić information content (AvgIpc) is 3.34. The molecule has 0 amide bonds. The van der Waals surface area contributed by atoms with Gasteiger partial charge >= 0.3 is 0 Å². The zero-order valence-electron chi connectivity index (χ0n) is 13.8. The van der Waals surface area contributed by atoms with E-state index in [9.17, 15) is 4.79 Å². The highest BCUT2D eigenvalue weighted by atomic mass is 32.2. The van der Waals surface area contributed by atoms with Crippen molar-refractivity contribution >= 4 is 45.3 Å². The number of hydrogen-bond acceptors (Lipinski definition) is 6. The monoisotopic (exact) mass is 397 g/mol. The van der Waals surface area contributed by atoms with E-state index in [1.165, 1.54) is 11.8 Å². The number of allylic oxidation sites excluding steroid dienone is 1. The number of rotatable bonds is 6. The molecule has 4 aromatic rings. The molecule has 0 saturated heterocycles. The van der Waals surface area contributed by atoms with Crippen LogP contribution in [-0.2, 0) is 12.3 Å². The summed E-state index contributed by atoms with van der Waals surface area (Å²) >= 11 is 4.84. The third-order valence-corrected chi connectivity index (χ3v) is 6.44. The zero-order chi connectivity index (χ0) is 17.9. The summed E-state index contributed by atoms with van der Waals surface area (Å²) in [7, 11) is 0. The highest BCUT2D eigenvalue weighted by Gasteiger charge is 2.12. The van der Waals surface area contributed by atoms with Gasteiger partial charge in [-0.2, -0.15) is 11.3 Å². The molecule has 4 rings (SSSR count). The summed E-state index contributed by atoms with van der Waals surface area (Å²) in [5.41, 5.74) is 2.84. The first-order valence-electron chi connectivity index (χ1n) is 7.96. The topological polar surface area (TPSA) is 47.8 Å². The van der Waals surface area contributed by atoms with Gasteiger partial charge in [-0.25, -0.2) is 9.97 Å². The molecule has 1 aromatic carbocycles. The van der Waals surface area contributed by atoms with Crippen LogP contribution in [0.15, 0.2) is 69.1 Å². The van der Waals surface area contributed by atoms with Gasteiger partial charge in [0, 0.05) is 28.6 Å². The highest BCUT2D eigenvalue weighted by Crippen LogP contribution is 2.28. The Morgan fingerprint density at radius 2 is 2.08 bits per heavy atom. The summed E-state index contributed by atoms with van der Waals surface area (Å²) in [6.07, 6.45) is 1.72. The fourth-order valence-corrected chi connectivity index (χ4v) is 5.12. The van der Waals surface area contributed by atoms with Crippen LogP contribution < -0.4 is 5.56 Å². The minimum Gasteiger partial charge on any atom is -0.283 e. The third-order valence-electron chi connectivity index (χ3n) is 3.81. The van der Waals surface area contributed by atoms with E-state index < -0.39 is 0 Å². The van der Waals surface area contributed by atoms with Crippen LogP contribution in [0.4, 0.5) is 0 Å². The molecule has 4 nitrogen and oxygen atoms in total. The van der Waals surface area contributed by atoms with Crippen molar-refractivity contribution in [1.29, 1.82) is 0 Å². The smallest absolute Gasteiger partial charge is 0.262 e. The van der Waals surface area contributed by atoms with Gasteiger partial charge in [0.1, 0.15) is 5.01 Å². The Labute approximate surface area is 162 Å². The fourth-order valence-electron chi connectivity index (χ4n) is 2.58. The van der Waals surface area contributed by atoms with E-state index >= 15 is 0 Å². The van der Waals surface area contributed by atoms with Crippen LogP contribution in [-0.4, -0.2) is 14.5 Å². The molecule has 3 heterocycles. The Kier molecular flexibility index (Phi) is 5.01. The minimum absolute atomic E-state index is 0.0322. The van der Waals surface area contributed by atoms with Gasteiger partial charge in [-0.1, -0.05) is 30.0 Å². The van der Waals surface area contributed by atoms with Crippen molar-refractivity contribution in [1.82, 2.24) is 14.5 Å². The number of para-hydroxylation sites is 1. The number of fused-ring (bicyclic) bond motifs is 1. The van der Waals surface area contributed by atoms with Crippen molar-refractivity contribution in [3.8, 4) is 10.6 Å². The van der Waals surface area contributed by atoms with E-state index in [1.54, 1.807) is 33.3 Å². The molecule has 0 spiro atoms. The quantitative estimate of drug-likeness (QED) is 0.259. The van der Waals surface area contributed by atoms with Crippen molar-refractivity contribution in [3.05, 3.63) is 75.2 Å². The minimum atomic E-state index is -0.0322. The molecule has 3 aromatic heterocycles. The first kappa shape index (κ1) is 17.2. The van der Waals surface area contributed by atoms with Crippen LogP contribution in [0.3, 0.4) is 0 Å². The summed E-state index contributed by atoms with van der Waals surface area (Å²) in [5, 5.41) is 8.57. The Morgan fingerprint density at radius 1 is 1.19 bits per heavy atom. The maximum Gasteiger partial charge on any atom is 0.262 e. The van der Waals surface area contributed by atoms with Crippen LogP contribution in [0, 0.1) is 0 Å². The van der Waals surface area contributed by atoms with Gasteiger partial charge in [0.15, 0.2) is 5.16 Å². The van der Waals surface area contributed by atoms with E-state index in [-0.39, 0.29) is 5.56 Å². The molecule has 0 fully saturated rings. The van der Waals surface area contributed by atoms with Gasteiger partial charge in [0.2, 0.25) is 0 Å². The predicted molar refractivity (Wildman–Crippen MR) is 111 cm³/mol. The summed E-state index contributed by atoms with van der Waals surface area (Å²) in [4.78, 5) is 22.1. The van der Waals surface area contributed by atoms with Gasteiger partial charge in [-0.05, 0) is 23.6 Å². The lowest BCUT2D eigenvalue weighted by Crippen LogP contribution is -2.22. The number of thioether (sulfide) groups is 1. The van der Waals surface area contributed by atoms with Gasteiger partial charge < -0.3 is 0 Å². The molecule has 0 aliphatic carbocycles. The van der Waals surface area contributed by atoms with E-state index in [0.29, 0.717) is 22.8 Å². The van der Waals surface area contributed by atoms with Crippen molar-refractivity contribution in [3.63, 3.8) is 0 Å². The van der Waals surface area contributed by atoms with Crippen LogP contribution in [0.25, 0.3) is 21.5 Å². The van der Waals surface area contributed by atoms with Crippen molar-refractivity contribution in [2.24, 2.45) is 0 Å². The number of aromatic nitrogens is 3. The molecule has 7 heteroatoms. The van der Waals surface area contributed by atoms with Gasteiger partial charge in [-0.3, -0.25) is 9.36 Å². The zero-order valence-corrected chi connectivity index (χ0v) is 16.2. The molecule has 130 valence electrons. The lowest BCUT2D eigenvalue weighted by molar-refractivity contribution is 0.671.